The summed E-state index contributed by atoms with van der Waals surface area (Å²) in [4.78, 5) is 35.3. The number of likely N-dealkylation sites (tertiary alicyclic amines) is 1. The van der Waals surface area contributed by atoms with E-state index in [0.717, 1.165) is 35.9 Å². The van der Waals surface area contributed by atoms with E-state index in [2.05, 4.69) is 27.2 Å². The Balaban J connectivity index is 1.45. The van der Waals surface area contributed by atoms with E-state index in [9.17, 15) is 14.0 Å². The van der Waals surface area contributed by atoms with Crippen LogP contribution in [0.4, 0.5) is 21.8 Å². The Bertz CT molecular complexity index is 1030. The quantitative estimate of drug-likeness (QED) is 0.718. The third kappa shape index (κ3) is 4.65. The highest BCUT2D eigenvalue weighted by molar-refractivity contribution is 5.87. The van der Waals surface area contributed by atoms with Crippen molar-refractivity contribution in [2.75, 3.05) is 23.7 Å². The third-order valence-electron chi connectivity index (χ3n) is 5.62. The molecular formula is C22H25FN6O2. The molecule has 3 heterocycles. The molecule has 2 aromatic rings. The maximum atomic E-state index is 14.3. The number of amides is 2. The lowest BCUT2D eigenvalue weighted by Crippen LogP contribution is -2.44. The van der Waals surface area contributed by atoms with Crippen LogP contribution in [0, 0.1) is 5.82 Å². The molecule has 2 aliphatic heterocycles. The molecule has 1 saturated heterocycles. The Labute approximate surface area is 180 Å². The average molecular weight is 424 g/mol. The molecule has 1 fully saturated rings. The van der Waals surface area contributed by atoms with E-state index < -0.39 is 5.82 Å². The zero-order chi connectivity index (χ0) is 22.0. The number of halogens is 1. The number of hydrogen-bond donors (Lipinski definition) is 2. The number of benzene rings is 1. The van der Waals surface area contributed by atoms with Crippen molar-refractivity contribution >= 4 is 29.3 Å². The van der Waals surface area contributed by atoms with Gasteiger partial charge in [-0.1, -0.05) is 12.6 Å². The summed E-state index contributed by atoms with van der Waals surface area (Å²) in [6.45, 7) is 7.40. The van der Waals surface area contributed by atoms with E-state index in [1.165, 1.54) is 6.08 Å². The van der Waals surface area contributed by atoms with Crippen LogP contribution in [0.5, 0.6) is 0 Å². The first-order chi connectivity index (χ1) is 14.9. The van der Waals surface area contributed by atoms with Gasteiger partial charge in [-0.05, 0) is 42.2 Å². The maximum Gasteiger partial charge on any atom is 0.246 e. The largest absolute Gasteiger partial charge is 0.363 e. The molecule has 4 rings (SSSR count). The monoisotopic (exact) mass is 424 g/mol. The van der Waals surface area contributed by atoms with E-state index in [1.807, 2.05) is 18.2 Å². The van der Waals surface area contributed by atoms with Gasteiger partial charge in [-0.25, -0.2) is 9.37 Å². The number of anilines is 3. The second-order valence-electron chi connectivity index (χ2n) is 7.85. The van der Waals surface area contributed by atoms with Gasteiger partial charge in [0.2, 0.25) is 17.8 Å². The molecule has 1 atom stereocenters. The van der Waals surface area contributed by atoms with Gasteiger partial charge in [0.05, 0.1) is 6.20 Å². The first kappa shape index (κ1) is 20.8. The molecule has 31 heavy (non-hydrogen) atoms. The molecule has 2 amide bonds. The SMILES string of the molecule is C=CC(=O)N1CCCC(Nc2nc(Nc3ccc4c(c3)CN(C(C)=O)C4)ncc2F)C1. The summed E-state index contributed by atoms with van der Waals surface area (Å²) >= 11 is 0. The van der Waals surface area contributed by atoms with Gasteiger partial charge in [-0.3, -0.25) is 9.59 Å². The lowest BCUT2D eigenvalue weighted by molar-refractivity contribution is -0.129. The minimum Gasteiger partial charge on any atom is -0.363 e. The van der Waals surface area contributed by atoms with Crippen LogP contribution in [0.3, 0.4) is 0 Å². The molecule has 2 N–H and O–H groups in total. The number of aromatic nitrogens is 2. The van der Waals surface area contributed by atoms with Gasteiger partial charge in [-0.2, -0.15) is 4.98 Å². The number of nitrogens with zero attached hydrogens (tertiary/aromatic N) is 4. The first-order valence-electron chi connectivity index (χ1n) is 10.3. The van der Waals surface area contributed by atoms with Crippen molar-refractivity contribution in [3.05, 3.63) is 54.0 Å². The summed E-state index contributed by atoms with van der Waals surface area (Å²) in [6.07, 6.45) is 4.05. The van der Waals surface area contributed by atoms with Crippen molar-refractivity contribution in [3.8, 4) is 0 Å². The molecule has 1 aromatic carbocycles. The smallest absolute Gasteiger partial charge is 0.246 e. The predicted molar refractivity (Wildman–Crippen MR) is 115 cm³/mol. The van der Waals surface area contributed by atoms with E-state index >= 15 is 0 Å². The molecule has 0 radical (unpaired) electrons. The standard InChI is InChI=1S/C22H25FN6O2/c1-3-20(31)28-8-4-5-18(13-28)25-21-19(23)10-24-22(27-21)26-17-7-6-15-11-29(14(2)30)12-16(15)9-17/h3,6-7,9-10,18H,1,4-5,8,11-13H2,2H3,(H2,24,25,26,27). The normalized spacial score (nSPS) is 17.8. The number of carbonyl (C=O) groups is 2. The fourth-order valence-electron chi connectivity index (χ4n) is 3.97. The van der Waals surface area contributed by atoms with Crippen LogP contribution in [0.15, 0.2) is 37.1 Å². The number of fused-ring (bicyclic) bond motifs is 1. The number of rotatable bonds is 5. The van der Waals surface area contributed by atoms with Crippen molar-refractivity contribution in [3.63, 3.8) is 0 Å². The Morgan fingerprint density at radius 2 is 2.06 bits per heavy atom. The van der Waals surface area contributed by atoms with Crippen LogP contribution in [0.25, 0.3) is 0 Å². The molecule has 1 unspecified atom stereocenters. The summed E-state index contributed by atoms with van der Waals surface area (Å²) in [5.41, 5.74) is 2.94. The Hall–Kier alpha value is -3.49. The van der Waals surface area contributed by atoms with Crippen molar-refractivity contribution in [2.24, 2.45) is 0 Å². The zero-order valence-electron chi connectivity index (χ0n) is 17.4. The van der Waals surface area contributed by atoms with Crippen molar-refractivity contribution in [1.29, 1.82) is 0 Å². The fourth-order valence-corrected chi connectivity index (χ4v) is 3.97. The summed E-state index contributed by atoms with van der Waals surface area (Å²) in [5, 5.41) is 6.21. The minimum atomic E-state index is -0.552. The number of piperidine rings is 1. The molecular weight excluding hydrogens is 399 g/mol. The van der Waals surface area contributed by atoms with Gasteiger partial charge < -0.3 is 20.4 Å². The van der Waals surface area contributed by atoms with Crippen LogP contribution in [-0.2, 0) is 22.7 Å². The topological polar surface area (TPSA) is 90.5 Å². The van der Waals surface area contributed by atoms with E-state index in [1.54, 1.807) is 16.7 Å². The predicted octanol–water partition coefficient (Wildman–Crippen LogP) is 2.81. The number of hydrogen-bond acceptors (Lipinski definition) is 6. The molecule has 0 bridgehead atoms. The van der Waals surface area contributed by atoms with Crippen molar-refractivity contribution < 1.29 is 14.0 Å². The molecule has 0 spiro atoms. The first-order valence-corrected chi connectivity index (χ1v) is 10.3. The van der Waals surface area contributed by atoms with Gasteiger partial charge >= 0.3 is 0 Å². The van der Waals surface area contributed by atoms with Gasteiger partial charge in [0.15, 0.2) is 11.6 Å². The Kier molecular flexibility index (Phi) is 5.83. The van der Waals surface area contributed by atoms with Gasteiger partial charge in [0.1, 0.15) is 0 Å². The molecule has 0 saturated carbocycles. The average Bonchev–Trinajstić information content (AvgIpc) is 3.19. The lowest BCUT2D eigenvalue weighted by atomic mass is 10.1. The van der Waals surface area contributed by atoms with Gasteiger partial charge in [0.25, 0.3) is 0 Å². The highest BCUT2D eigenvalue weighted by Crippen LogP contribution is 2.27. The van der Waals surface area contributed by atoms with Crippen molar-refractivity contribution in [1.82, 2.24) is 19.8 Å². The van der Waals surface area contributed by atoms with E-state index in [0.29, 0.717) is 26.2 Å². The van der Waals surface area contributed by atoms with Crippen LogP contribution in [0.1, 0.15) is 30.9 Å². The number of carbonyl (C=O) groups excluding carboxylic acids is 2. The molecule has 0 aliphatic carbocycles. The molecule has 8 nitrogen and oxygen atoms in total. The summed E-state index contributed by atoms with van der Waals surface area (Å²) in [5.74, 6) is -0.278. The summed E-state index contributed by atoms with van der Waals surface area (Å²) in [7, 11) is 0. The molecule has 2 aliphatic rings. The Morgan fingerprint density at radius 1 is 1.26 bits per heavy atom. The Morgan fingerprint density at radius 3 is 2.84 bits per heavy atom. The second kappa shape index (κ2) is 8.71. The van der Waals surface area contributed by atoms with Crippen LogP contribution < -0.4 is 10.6 Å². The second-order valence-corrected chi connectivity index (χ2v) is 7.85. The third-order valence-corrected chi connectivity index (χ3v) is 5.62. The van der Waals surface area contributed by atoms with Crippen LogP contribution in [0.2, 0.25) is 0 Å². The highest BCUT2D eigenvalue weighted by Gasteiger charge is 2.24. The van der Waals surface area contributed by atoms with Crippen molar-refractivity contribution in [2.45, 2.75) is 38.9 Å². The molecule has 162 valence electrons. The summed E-state index contributed by atoms with van der Waals surface area (Å²) < 4.78 is 14.3. The maximum absolute atomic E-state index is 14.3. The number of nitrogens with one attached hydrogen (secondary N) is 2. The van der Waals surface area contributed by atoms with E-state index in [4.69, 9.17) is 0 Å². The molecule has 9 heteroatoms. The van der Waals surface area contributed by atoms with Crippen LogP contribution in [-0.4, -0.2) is 50.7 Å². The fraction of sp³-hybridized carbons (Fsp3) is 0.364. The van der Waals surface area contributed by atoms with Gasteiger partial charge in [-0.15, -0.1) is 0 Å². The van der Waals surface area contributed by atoms with Crippen LogP contribution >= 0.6 is 0 Å². The zero-order valence-corrected chi connectivity index (χ0v) is 17.4. The van der Waals surface area contributed by atoms with E-state index in [-0.39, 0.29) is 29.6 Å². The molecule has 1 aromatic heterocycles. The van der Waals surface area contributed by atoms with Gasteiger partial charge in [0, 0.05) is 44.8 Å². The highest BCUT2D eigenvalue weighted by atomic mass is 19.1. The minimum absolute atomic E-state index is 0.0411. The lowest BCUT2D eigenvalue weighted by Gasteiger charge is -2.32. The summed E-state index contributed by atoms with van der Waals surface area (Å²) in [6, 6.07) is 5.71.